The fourth-order valence-corrected chi connectivity index (χ4v) is 2.38. The maximum absolute atomic E-state index is 12.2. The van der Waals surface area contributed by atoms with E-state index in [1.54, 1.807) is 18.2 Å². The van der Waals surface area contributed by atoms with Crippen molar-refractivity contribution in [1.29, 1.82) is 0 Å². The van der Waals surface area contributed by atoms with Crippen LogP contribution in [-0.2, 0) is 6.54 Å². The molecule has 0 aromatic heterocycles. The van der Waals surface area contributed by atoms with E-state index in [9.17, 15) is 9.90 Å². The predicted molar refractivity (Wildman–Crippen MR) is 91.2 cm³/mol. The zero-order valence-electron chi connectivity index (χ0n) is 12.6. The zero-order chi connectivity index (χ0) is 16.1. The molecule has 23 heavy (non-hydrogen) atoms. The Bertz CT molecular complexity index is 795. The number of carbonyl (C=O) groups excluding carboxylic acids is 1. The minimum absolute atomic E-state index is 0.159. The van der Waals surface area contributed by atoms with Crippen LogP contribution in [0, 0.1) is 0 Å². The van der Waals surface area contributed by atoms with Gasteiger partial charge in [-0.25, -0.2) is 0 Å². The molecule has 0 saturated heterocycles. The Morgan fingerprint density at radius 2 is 1.39 bits per heavy atom. The SMILES string of the molecule is O=C(NCc1ccccc1O)c1ccc(-c2ccccc2)cc1. The highest BCUT2D eigenvalue weighted by Crippen LogP contribution is 2.19. The van der Waals surface area contributed by atoms with Crippen molar-refractivity contribution in [2.24, 2.45) is 0 Å². The molecule has 0 aliphatic carbocycles. The Labute approximate surface area is 135 Å². The first-order chi connectivity index (χ1) is 11.2. The van der Waals surface area contributed by atoms with Crippen LogP contribution < -0.4 is 5.32 Å². The molecule has 0 aliphatic heterocycles. The molecule has 114 valence electrons. The number of phenols is 1. The molecule has 1 amide bonds. The number of para-hydroxylation sites is 1. The average Bonchev–Trinajstić information content (AvgIpc) is 2.62. The van der Waals surface area contributed by atoms with Gasteiger partial charge in [-0.3, -0.25) is 4.79 Å². The summed E-state index contributed by atoms with van der Waals surface area (Å²) in [4.78, 5) is 12.2. The molecule has 0 unspecified atom stereocenters. The Kier molecular flexibility index (Phi) is 4.39. The summed E-state index contributed by atoms with van der Waals surface area (Å²) in [5.74, 6) is 0.0279. The van der Waals surface area contributed by atoms with Gasteiger partial charge in [-0.2, -0.15) is 0 Å². The Morgan fingerprint density at radius 3 is 2.09 bits per heavy atom. The van der Waals surface area contributed by atoms with Crippen molar-refractivity contribution in [3.05, 3.63) is 90.0 Å². The first-order valence-corrected chi connectivity index (χ1v) is 7.44. The van der Waals surface area contributed by atoms with Crippen LogP contribution >= 0.6 is 0 Å². The summed E-state index contributed by atoms with van der Waals surface area (Å²) in [5, 5.41) is 12.5. The Hall–Kier alpha value is -3.07. The number of amides is 1. The van der Waals surface area contributed by atoms with Gasteiger partial charge in [0.1, 0.15) is 5.75 Å². The van der Waals surface area contributed by atoms with Gasteiger partial charge in [0.05, 0.1) is 0 Å². The second-order valence-electron chi connectivity index (χ2n) is 5.25. The summed E-state index contributed by atoms with van der Waals surface area (Å²) in [6, 6.07) is 24.5. The third kappa shape index (κ3) is 3.58. The first-order valence-electron chi connectivity index (χ1n) is 7.44. The highest BCUT2D eigenvalue weighted by atomic mass is 16.3. The van der Waals surface area contributed by atoms with Crippen molar-refractivity contribution in [2.45, 2.75) is 6.54 Å². The van der Waals surface area contributed by atoms with Crippen LogP contribution in [-0.4, -0.2) is 11.0 Å². The largest absolute Gasteiger partial charge is 0.508 e. The van der Waals surface area contributed by atoms with Gasteiger partial charge in [-0.1, -0.05) is 60.7 Å². The van der Waals surface area contributed by atoms with E-state index in [-0.39, 0.29) is 11.7 Å². The topological polar surface area (TPSA) is 49.3 Å². The summed E-state index contributed by atoms with van der Waals surface area (Å²) < 4.78 is 0. The second kappa shape index (κ2) is 6.79. The van der Waals surface area contributed by atoms with Crippen LogP contribution in [0.2, 0.25) is 0 Å². The average molecular weight is 303 g/mol. The van der Waals surface area contributed by atoms with Crippen molar-refractivity contribution in [2.75, 3.05) is 0 Å². The monoisotopic (exact) mass is 303 g/mol. The number of carbonyl (C=O) groups is 1. The number of hydrogen-bond donors (Lipinski definition) is 2. The maximum Gasteiger partial charge on any atom is 0.251 e. The number of hydrogen-bond acceptors (Lipinski definition) is 2. The number of rotatable bonds is 4. The van der Waals surface area contributed by atoms with Gasteiger partial charge in [-0.05, 0) is 29.3 Å². The highest BCUT2D eigenvalue weighted by molar-refractivity contribution is 5.94. The van der Waals surface area contributed by atoms with E-state index < -0.39 is 0 Å². The van der Waals surface area contributed by atoms with Gasteiger partial charge in [0.2, 0.25) is 0 Å². The van der Waals surface area contributed by atoms with Crippen LogP contribution in [0.4, 0.5) is 0 Å². The molecule has 0 radical (unpaired) electrons. The Balaban J connectivity index is 1.67. The zero-order valence-corrected chi connectivity index (χ0v) is 12.6. The summed E-state index contributed by atoms with van der Waals surface area (Å²) in [6.07, 6.45) is 0. The molecule has 3 heteroatoms. The molecule has 0 heterocycles. The van der Waals surface area contributed by atoms with E-state index in [1.807, 2.05) is 60.7 Å². The molecule has 0 atom stereocenters. The van der Waals surface area contributed by atoms with Crippen molar-refractivity contribution in [1.82, 2.24) is 5.32 Å². The molecular weight excluding hydrogens is 286 g/mol. The lowest BCUT2D eigenvalue weighted by atomic mass is 10.0. The highest BCUT2D eigenvalue weighted by Gasteiger charge is 2.07. The van der Waals surface area contributed by atoms with E-state index in [0.717, 1.165) is 11.1 Å². The predicted octanol–water partition coefficient (Wildman–Crippen LogP) is 3.99. The van der Waals surface area contributed by atoms with Gasteiger partial charge in [-0.15, -0.1) is 0 Å². The number of aromatic hydroxyl groups is 1. The van der Waals surface area contributed by atoms with Crippen molar-refractivity contribution in [3.63, 3.8) is 0 Å². The van der Waals surface area contributed by atoms with Gasteiger partial charge >= 0.3 is 0 Å². The first kappa shape index (κ1) is 14.9. The molecule has 0 saturated carbocycles. The van der Waals surface area contributed by atoms with Gasteiger partial charge in [0, 0.05) is 17.7 Å². The van der Waals surface area contributed by atoms with Gasteiger partial charge < -0.3 is 10.4 Å². The lowest BCUT2D eigenvalue weighted by molar-refractivity contribution is 0.0951. The fourth-order valence-electron chi connectivity index (χ4n) is 2.38. The number of nitrogens with one attached hydrogen (secondary N) is 1. The third-order valence-corrected chi connectivity index (χ3v) is 3.69. The number of phenolic OH excluding ortho intramolecular Hbond substituents is 1. The third-order valence-electron chi connectivity index (χ3n) is 3.69. The molecule has 0 fully saturated rings. The van der Waals surface area contributed by atoms with Crippen molar-refractivity contribution < 1.29 is 9.90 Å². The minimum atomic E-state index is -0.159. The van der Waals surface area contributed by atoms with E-state index in [0.29, 0.717) is 17.7 Å². The molecule has 3 aromatic carbocycles. The number of benzene rings is 3. The molecule has 3 rings (SSSR count). The van der Waals surface area contributed by atoms with Crippen molar-refractivity contribution in [3.8, 4) is 16.9 Å². The van der Waals surface area contributed by atoms with Crippen LogP contribution in [0.5, 0.6) is 5.75 Å². The van der Waals surface area contributed by atoms with Crippen LogP contribution in [0.15, 0.2) is 78.9 Å². The second-order valence-corrected chi connectivity index (χ2v) is 5.25. The molecule has 3 aromatic rings. The van der Waals surface area contributed by atoms with E-state index in [1.165, 1.54) is 0 Å². The quantitative estimate of drug-likeness (QED) is 0.765. The molecule has 0 bridgehead atoms. The van der Waals surface area contributed by atoms with Gasteiger partial charge in [0.25, 0.3) is 5.91 Å². The molecule has 2 N–H and O–H groups in total. The van der Waals surface area contributed by atoms with Crippen LogP contribution in [0.25, 0.3) is 11.1 Å². The fraction of sp³-hybridized carbons (Fsp3) is 0.0500. The molecule has 0 spiro atoms. The van der Waals surface area contributed by atoms with Crippen LogP contribution in [0.3, 0.4) is 0 Å². The Morgan fingerprint density at radius 1 is 0.783 bits per heavy atom. The minimum Gasteiger partial charge on any atom is -0.508 e. The summed E-state index contributed by atoms with van der Waals surface area (Å²) in [5.41, 5.74) is 3.48. The summed E-state index contributed by atoms with van der Waals surface area (Å²) in [7, 11) is 0. The van der Waals surface area contributed by atoms with Crippen molar-refractivity contribution >= 4 is 5.91 Å². The van der Waals surface area contributed by atoms with Gasteiger partial charge in [0.15, 0.2) is 0 Å². The smallest absolute Gasteiger partial charge is 0.251 e. The molecular formula is C20H17NO2. The normalized spacial score (nSPS) is 10.3. The molecule has 3 nitrogen and oxygen atoms in total. The van der Waals surface area contributed by atoms with E-state index in [4.69, 9.17) is 0 Å². The van der Waals surface area contributed by atoms with E-state index in [2.05, 4.69) is 5.32 Å². The summed E-state index contributed by atoms with van der Waals surface area (Å²) in [6.45, 7) is 0.298. The lowest BCUT2D eigenvalue weighted by Gasteiger charge is -2.08. The van der Waals surface area contributed by atoms with E-state index >= 15 is 0 Å². The summed E-state index contributed by atoms with van der Waals surface area (Å²) >= 11 is 0. The standard InChI is InChI=1S/C20H17NO2/c22-19-9-5-4-8-18(19)14-21-20(23)17-12-10-16(11-13-17)15-6-2-1-3-7-15/h1-13,22H,14H2,(H,21,23). The van der Waals surface area contributed by atoms with Crippen LogP contribution in [0.1, 0.15) is 15.9 Å². The maximum atomic E-state index is 12.2. The molecule has 0 aliphatic rings. The lowest BCUT2D eigenvalue weighted by Crippen LogP contribution is -2.22.